The van der Waals surface area contributed by atoms with Crippen molar-refractivity contribution in [3.05, 3.63) is 75.7 Å². The van der Waals surface area contributed by atoms with Crippen molar-refractivity contribution in [2.24, 2.45) is 0 Å². The number of nitriles is 1. The summed E-state index contributed by atoms with van der Waals surface area (Å²) in [5.74, 6) is 1.17. The van der Waals surface area contributed by atoms with E-state index in [1.54, 1.807) is 48.5 Å². The van der Waals surface area contributed by atoms with Crippen molar-refractivity contribution in [3.8, 4) is 28.7 Å². The van der Waals surface area contributed by atoms with Gasteiger partial charge < -0.3 is 9.72 Å². The van der Waals surface area contributed by atoms with Gasteiger partial charge in [-0.05, 0) is 42.0 Å². The first-order chi connectivity index (χ1) is 12.5. The summed E-state index contributed by atoms with van der Waals surface area (Å²) in [5, 5.41) is 9.86. The maximum Gasteiger partial charge on any atom is 0.267 e. The number of hydrogen-bond acceptors (Lipinski definition) is 4. The van der Waals surface area contributed by atoms with Crippen molar-refractivity contribution in [2.45, 2.75) is 4.90 Å². The van der Waals surface area contributed by atoms with E-state index in [1.165, 1.54) is 12.5 Å². The van der Waals surface area contributed by atoms with E-state index in [0.29, 0.717) is 27.6 Å². The number of benzene rings is 2. The Balaban J connectivity index is 2.06. The van der Waals surface area contributed by atoms with Crippen LogP contribution in [0.2, 0.25) is 5.02 Å². The third-order valence-electron chi connectivity index (χ3n) is 3.64. The minimum absolute atomic E-state index is 0.146. The number of aromatic nitrogens is 1. The molecule has 7 heteroatoms. The molecule has 0 aliphatic heterocycles. The molecule has 130 valence electrons. The summed E-state index contributed by atoms with van der Waals surface area (Å²) < 4.78 is 17.9. The highest BCUT2D eigenvalue weighted by Crippen LogP contribution is 2.31. The minimum atomic E-state index is -1.51. The summed E-state index contributed by atoms with van der Waals surface area (Å²) in [6.45, 7) is 0. The predicted molar refractivity (Wildman–Crippen MR) is 101 cm³/mol. The van der Waals surface area contributed by atoms with Gasteiger partial charge in [0.2, 0.25) is 0 Å². The van der Waals surface area contributed by atoms with Crippen LogP contribution in [0, 0.1) is 11.3 Å². The van der Waals surface area contributed by atoms with E-state index >= 15 is 0 Å². The van der Waals surface area contributed by atoms with E-state index in [1.807, 2.05) is 6.07 Å². The summed E-state index contributed by atoms with van der Waals surface area (Å²) in [6, 6.07) is 15.9. The lowest BCUT2D eigenvalue weighted by molar-refractivity contribution is 0.483. The number of nitrogens with one attached hydrogen (secondary N) is 1. The molecule has 0 radical (unpaired) electrons. The van der Waals surface area contributed by atoms with Gasteiger partial charge in [-0.15, -0.1) is 0 Å². The molecule has 1 aromatic heterocycles. The third-order valence-corrected chi connectivity index (χ3v) is 4.89. The number of aromatic amines is 1. The number of ether oxygens (including phenoxy) is 1. The molecule has 0 saturated heterocycles. The zero-order chi connectivity index (χ0) is 18.7. The van der Waals surface area contributed by atoms with Gasteiger partial charge in [0, 0.05) is 23.0 Å². The highest BCUT2D eigenvalue weighted by atomic mass is 35.5. The first-order valence-electron chi connectivity index (χ1n) is 7.52. The van der Waals surface area contributed by atoms with Crippen LogP contribution in [0.4, 0.5) is 0 Å². The summed E-state index contributed by atoms with van der Waals surface area (Å²) in [4.78, 5) is 14.6. The molecule has 3 aromatic rings. The van der Waals surface area contributed by atoms with Crippen molar-refractivity contribution < 1.29 is 8.95 Å². The van der Waals surface area contributed by atoms with Crippen LogP contribution < -0.4 is 10.3 Å². The van der Waals surface area contributed by atoms with Crippen LogP contribution in [0.25, 0.3) is 11.1 Å². The Bertz CT molecular complexity index is 1090. The largest absolute Gasteiger partial charge is 0.457 e. The number of rotatable bonds is 4. The van der Waals surface area contributed by atoms with Crippen LogP contribution >= 0.6 is 11.6 Å². The fraction of sp³-hybridized carbons (Fsp3) is 0.0526. The molecule has 0 saturated carbocycles. The summed E-state index contributed by atoms with van der Waals surface area (Å²) in [6.07, 6.45) is 2.90. The standard InChI is InChI=1S/C19H13ClN2O3S/c1-26(24)18-16(10-21)19(23)22-11-17(18)12-3-2-4-15(9-12)25-14-7-5-13(20)6-8-14/h2-9,11H,1H3,(H,22,23). The van der Waals surface area contributed by atoms with Crippen molar-refractivity contribution in [1.82, 2.24) is 4.98 Å². The van der Waals surface area contributed by atoms with Gasteiger partial charge in [-0.1, -0.05) is 23.7 Å². The van der Waals surface area contributed by atoms with Gasteiger partial charge >= 0.3 is 0 Å². The van der Waals surface area contributed by atoms with Crippen LogP contribution in [0.3, 0.4) is 0 Å². The van der Waals surface area contributed by atoms with E-state index < -0.39 is 16.4 Å². The predicted octanol–water partition coefficient (Wildman–Crippen LogP) is 4.10. The molecule has 0 spiro atoms. The first kappa shape index (κ1) is 17.9. The second-order valence-electron chi connectivity index (χ2n) is 5.39. The van der Waals surface area contributed by atoms with Crippen molar-refractivity contribution in [2.75, 3.05) is 6.26 Å². The van der Waals surface area contributed by atoms with E-state index in [0.717, 1.165) is 0 Å². The fourth-order valence-electron chi connectivity index (χ4n) is 2.49. The topological polar surface area (TPSA) is 83.0 Å². The van der Waals surface area contributed by atoms with E-state index in [9.17, 15) is 14.3 Å². The monoisotopic (exact) mass is 384 g/mol. The maximum atomic E-state index is 12.1. The Morgan fingerprint density at radius 1 is 1.15 bits per heavy atom. The molecule has 26 heavy (non-hydrogen) atoms. The Hall–Kier alpha value is -2.88. The van der Waals surface area contributed by atoms with E-state index in [2.05, 4.69) is 4.98 Å². The number of hydrogen-bond donors (Lipinski definition) is 1. The van der Waals surface area contributed by atoms with Crippen LogP contribution in [-0.2, 0) is 10.8 Å². The molecule has 1 N–H and O–H groups in total. The minimum Gasteiger partial charge on any atom is -0.457 e. The number of pyridine rings is 1. The van der Waals surface area contributed by atoms with Crippen LogP contribution in [0.5, 0.6) is 11.5 Å². The van der Waals surface area contributed by atoms with Crippen molar-refractivity contribution in [3.63, 3.8) is 0 Å². The normalized spacial score (nSPS) is 11.6. The lowest BCUT2D eigenvalue weighted by atomic mass is 10.1. The Morgan fingerprint density at radius 2 is 1.88 bits per heavy atom. The van der Waals surface area contributed by atoms with Crippen LogP contribution in [0.15, 0.2) is 64.4 Å². The summed E-state index contributed by atoms with van der Waals surface area (Å²) >= 11 is 5.87. The molecule has 0 amide bonds. The third kappa shape index (κ3) is 3.69. The molecule has 0 aliphatic carbocycles. The first-order valence-corrected chi connectivity index (χ1v) is 9.46. The molecule has 1 atom stereocenters. The second-order valence-corrected chi connectivity index (χ2v) is 7.14. The molecule has 0 aliphatic rings. The average Bonchev–Trinajstić information content (AvgIpc) is 2.63. The SMILES string of the molecule is CS(=O)c1c(-c2cccc(Oc3ccc(Cl)cc3)c2)c[nH]c(=O)c1C#N. The summed E-state index contributed by atoms with van der Waals surface area (Å²) in [5.41, 5.74) is 0.486. The van der Waals surface area contributed by atoms with Gasteiger partial charge in [-0.25, -0.2) is 0 Å². The maximum absolute atomic E-state index is 12.1. The second kappa shape index (κ2) is 7.56. The molecule has 5 nitrogen and oxygen atoms in total. The van der Waals surface area contributed by atoms with Gasteiger partial charge in [0.25, 0.3) is 5.56 Å². The molecule has 2 aromatic carbocycles. The Kier molecular flexibility index (Phi) is 5.21. The van der Waals surface area contributed by atoms with Gasteiger partial charge in [-0.2, -0.15) is 5.26 Å². The van der Waals surface area contributed by atoms with Gasteiger partial charge in [0.15, 0.2) is 0 Å². The molecular formula is C19H13ClN2O3S. The average molecular weight is 385 g/mol. The quantitative estimate of drug-likeness (QED) is 0.734. The number of halogens is 1. The van der Waals surface area contributed by atoms with Crippen LogP contribution in [-0.4, -0.2) is 15.4 Å². The number of nitrogens with zero attached hydrogens (tertiary/aromatic N) is 1. The van der Waals surface area contributed by atoms with Gasteiger partial charge in [-0.3, -0.25) is 9.00 Å². The lowest BCUT2D eigenvalue weighted by Gasteiger charge is -2.11. The number of H-pyrrole nitrogens is 1. The van der Waals surface area contributed by atoms with Crippen molar-refractivity contribution >= 4 is 22.4 Å². The van der Waals surface area contributed by atoms with E-state index in [4.69, 9.17) is 16.3 Å². The lowest BCUT2D eigenvalue weighted by Crippen LogP contribution is -2.14. The molecular weight excluding hydrogens is 372 g/mol. The molecule has 0 fully saturated rings. The fourth-order valence-corrected chi connectivity index (χ4v) is 3.53. The molecule has 1 heterocycles. The highest BCUT2D eigenvalue weighted by Gasteiger charge is 2.17. The molecule has 3 rings (SSSR count). The van der Waals surface area contributed by atoms with Crippen LogP contribution in [0.1, 0.15) is 5.56 Å². The molecule has 1 unspecified atom stereocenters. The Morgan fingerprint density at radius 3 is 2.54 bits per heavy atom. The zero-order valence-electron chi connectivity index (χ0n) is 13.7. The van der Waals surface area contributed by atoms with Crippen molar-refractivity contribution in [1.29, 1.82) is 5.26 Å². The van der Waals surface area contributed by atoms with Gasteiger partial charge in [0.1, 0.15) is 23.1 Å². The molecule has 0 bridgehead atoms. The summed E-state index contributed by atoms with van der Waals surface area (Å²) in [7, 11) is -1.51. The highest BCUT2D eigenvalue weighted by molar-refractivity contribution is 7.84. The van der Waals surface area contributed by atoms with E-state index in [-0.39, 0.29) is 10.5 Å². The zero-order valence-corrected chi connectivity index (χ0v) is 15.2. The van der Waals surface area contributed by atoms with Gasteiger partial charge in [0.05, 0.1) is 15.7 Å². The Labute approximate surface area is 157 Å². The smallest absolute Gasteiger partial charge is 0.267 e.